The van der Waals surface area contributed by atoms with Crippen LogP contribution in [0.4, 0.5) is 8.78 Å². The minimum Gasteiger partial charge on any atom is -0.478 e. The van der Waals surface area contributed by atoms with Crippen molar-refractivity contribution < 1.29 is 23.5 Å². The van der Waals surface area contributed by atoms with Crippen LogP contribution in [0, 0.1) is 11.6 Å². The van der Waals surface area contributed by atoms with E-state index in [1.807, 2.05) is 0 Å². The summed E-state index contributed by atoms with van der Waals surface area (Å²) in [6.07, 6.45) is 2.67. The number of aromatic nitrogens is 2. The van der Waals surface area contributed by atoms with Crippen LogP contribution in [0.15, 0.2) is 30.3 Å². The lowest BCUT2D eigenvalue weighted by Crippen LogP contribution is -2.20. The van der Waals surface area contributed by atoms with Crippen LogP contribution in [0.3, 0.4) is 0 Å². The number of aromatic carboxylic acids is 1. The van der Waals surface area contributed by atoms with E-state index in [2.05, 4.69) is 5.10 Å². The van der Waals surface area contributed by atoms with Crippen molar-refractivity contribution in [1.82, 2.24) is 9.78 Å². The number of benzene rings is 2. The van der Waals surface area contributed by atoms with E-state index in [1.54, 1.807) is 0 Å². The molecule has 0 unspecified atom stereocenters. The van der Waals surface area contributed by atoms with Gasteiger partial charge in [0.1, 0.15) is 5.82 Å². The molecule has 3 aromatic rings. The number of halogens is 4. The van der Waals surface area contributed by atoms with Crippen molar-refractivity contribution in [3.8, 4) is 11.3 Å². The molecule has 0 saturated heterocycles. The third-order valence-electron chi connectivity index (χ3n) is 5.10. The maximum absolute atomic E-state index is 14.7. The molecule has 0 fully saturated rings. The molecule has 0 atom stereocenters. The van der Waals surface area contributed by atoms with Crippen molar-refractivity contribution in [3.63, 3.8) is 0 Å². The maximum atomic E-state index is 14.7. The molecule has 1 aliphatic carbocycles. The van der Waals surface area contributed by atoms with Gasteiger partial charge in [-0.1, -0.05) is 23.2 Å². The van der Waals surface area contributed by atoms with Gasteiger partial charge in [0.2, 0.25) is 0 Å². The van der Waals surface area contributed by atoms with E-state index in [-0.39, 0.29) is 26.9 Å². The first kappa shape index (κ1) is 20.5. The van der Waals surface area contributed by atoms with Crippen LogP contribution >= 0.6 is 23.2 Å². The van der Waals surface area contributed by atoms with Gasteiger partial charge in [-0.25, -0.2) is 13.6 Å². The molecule has 0 aliphatic heterocycles. The van der Waals surface area contributed by atoms with Crippen LogP contribution in [0.5, 0.6) is 0 Å². The number of fused-ring (bicyclic) bond motifs is 1. The second kappa shape index (κ2) is 7.81. The third-order valence-corrected chi connectivity index (χ3v) is 5.71. The number of carboxylic acid groups (broad SMARTS) is 1. The number of hydrogen-bond acceptors (Lipinski definition) is 3. The van der Waals surface area contributed by atoms with Crippen molar-refractivity contribution in [2.24, 2.45) is 0 Å². The smallest absolute Gasteiger partial charge is 0.335 e. The Morgan fingerprint density at radius 3 is 2.43 bits per heavy atom. The summed E-state index contributed by atoms with van der Waals surface area (Å²) in [5, 5.41) is 13.0. The standard InChI is InChI=1S/C21H14Cl2F2N2O3/c22-13-7-8-14(23)18(25)17(13)20(28)27-16-4-2-1-3-12(16)19(26-27)11-6-5-10(21(29)30)9-15(11)24/h5-9H,1-4H2,(H,29,30). The van der Waals surface area contributed by atoms with E-state index in [4.69, 9.17) is 28.3 Å². The fourth-order valence-corrected chi connectivity index (χ4v) is 4.04. The Bertz CT molecular complexity index is 1210. The number of nitrogens with zero attached hydrogens (tertiary/aromatic N) is 2. The lowest BCUT2D eigenvalue weighted by atomic mass is 9.93. The normalized spacial score (nSPS) is 13.2. The summed E-state index contributed by atoms with van der Waals surface area (Å²) < 4.78 is 30.3. The summed E-state index contributed by atoms with van der Waals surface area (Å²) >= 11 is 11.9. The van der Waals surface area contributed by atoms with Crippen LogP contribution in [0.25, 0.3) is 11.3 Å². The highest BCUT2D eigenvalue weighted by Gasteiger charge is 2.29. The lowest BCUT2D eigenvalue weighted by Gasteiger charge is -2.14. The largest absolute Gasteiger partial charge is 0.478 e. The van der Waals surface area contributed by atoms with Gasteiger partial charge in [0.15, 0.2) is 5.82 Å². The number of carbonyl (C=O) groups is 2. The van der Waals surface area contributed by atoms with Gasteiger partial charge in [-0.05, 0) is 56.0 Å². The molecule has 1 aromatic heterocycles. The first-order valence-corrected chi connectivity index (χ1v) is 9.87. The fourth-order valence-electron chi connectivity index (χ4n) is 3.65. The molecule has 2 aromatic carbocycles. The van der Waals surface area contributed by atoms with Crippen molar-refractivity contribution in [2.45, 2.75) is 25.7 Å². The summed E-state index contributed by atoms with van der Waals surface area (Å²) in [4.78, 5) is 24.2. The summed E-state index contributed by atoms with van der Waals surface area (Å²) in [5.41, 5.74) is 0.920. The second-order valence-corrected chi connectivity index (χ2v) is 7.73. The van der Waals surface area contributed by atoms with Gasteiger partial charge in [-0.3, -0.25) is 4.79 Å². The maximum Gasteiger partial charge on any atom is 0.335 e. The Balaban J connectivity index is 1.89. The van der Waals surface area contributed by atoms with E-state index in [0.717, 1.165) is 23.6 Å². The Morgan fingerprint density at radius 1 is 1.03 bits per heavy atom. The molecule has 0 spiro atoms. The predicted molar refractivity (Wildman–Crippen MR) is 107 cm³/mol. The highest BCUT2D eigenvalue weighted by Crippen LogP contribution is 2.34. The van der Waals surface area contributed by atoms with Crippen molar-refractivity contribution in [3.05, 3.63) is 74.4 Å². The first-order valence-electron chi connectivity index (χ1n) is 9.11. The average molecular weight is 451 g/mol. The highest BCUT2D eigenvalue weighted by molar-refractivity contribution is 6.36. The molecule has 1 heterocycles. The van der Waals surface area contributed by atoms with E-state index in [9.17, 15) is 18.4 Å². The van der Waals surface area contributed by atoms with Crippen LogP contribution < -0.4 is 0 Å². The molecular formula is C21H14Cl2F2N2O3. The Hall–Kier alpha value is -2.77. The molecule has 0 radical (unpaired) electrons. The second-order valence-electron chi connectivity index (χ2n) is 6.92. The molecule has 5 nitrogen and oxygen atoms in total. The number of carboxylic acids is 1. The summed E-state index contributed by atoms with van der Waals surface area (Å²) in [6.45, 7) is 0. The van der Waals surface area contributed by atoms with Crippen LogP contribution in [-0.2, 0) is 12.8 Å². The zero-order valence-electron chi connectivity index (χ0n) is 15.4. The van der Waals surface area contributed by atoms with E-state index < -0.39 is 29.1 Å². The van der Waals surface area contributed by atoms with Crippen molar-refractivity contribution >= 4 is 35.1 Å². The van der Waals surface area contributed by atoms with Gasteiger partial charge in [-0.2, -0.15) is 9.78 Å². The highest BCUT2D eigenvalue weighted by atomic mass is 35.5. The molecule has 1 N–H and O–H groups in total. The molecule has 9 heteroatoms. The number of hydrogen-bond donors (Lipinski definition) is 1. The lowest BCUT2D eigenvalue weighted by molar-refractivity contribution is 0.0696. The van der Waals surface area contributed by atoms with Crippen LogP contribution in [0.2, 0.25) is 10.0 Å². The fraction of sp³-hybridized carbons (Fsp3) is 0.190. The Labute approximate surface area is 179 Å². The molecule has 4 rings (SSSR count). The summed E-state index contributed by atoms with van der Waals surface area (Å²) in [7, 11) is 0. The molecule has 0 amide bonds. The van der Waals surface area contributed by atoms with Crippen LogP contribution in [-0.4, -0.2) is 26.8 Å². The van der Waals surface area contributed by atoms with Gasteiger partial charge < -0.3 is 5.11 Å². The molecule has 30 heavy (non-hydrogen) atoms. The zero-order chi connectivity index (χ0) is 21.6. The number of rotatable bonds is 3. The zero-order valence-corrected chi connectivity index (χ0v) is 16.9. The monoisotopic (exact) mass is 450 g/mol. The molecule has 0 saturated carbocycles. The quantitative estimate of drug-likeness (QED) is 0.542. The molecule has 1 aliphatic rings. The van der Waals surface area contributed by atoms with Gasteiger partial charge in [0, 0.05) is 11.1 Å². The van der Waals surface area contributed by atoms with Gasteiger partial charge in [-0.15, -0.1) is 0 Å². The summed E-state index contributed by atoms with van der Waals surface area (Å²) in [6, 6.07) is 6.06. The molecule has 154 valence electrons. The van der Waals surface area contributed by atoms with Crippen molar-refractivity contribution in [2.75, 3.05) is 0 Å². The minimum absolute atomic E-state index is 0.0716. The van der Waals surface area contributed by atoms with E-state index >= 15 is 0 Å². The molecular weight excluding hydrogens is 437 g/mol. The summed E-state index contributed by atoms with van der Waals surface area (Å²) in [5.74, 6) is -3.78. The van der Waals surface area contributed by atoms with Crippen molar-refractivity contribution in [1.29, 1.82) is 0 Å². The van der Waals surface area contributed by atoms with Crippen LogP contribution in [0.1, 0.15) is 44.8 Å². The van der Waals surface area contributed by atoms with Gasteiger partial charge >= 0.3 is 5.97 Å². The predicted octanol–water partition coefficient (Wildman–Crippen LogP) is 5.40. The van der Waals surface area contributed by atoms with E-state index in [1.165, 1.54) is 24.3 Å². The number of carbonyl (C=O) groups excluding carboxylic acids is 1. The minimum atomic E-state index is -1.26. The molecule has 0 bridgehead atoms. The Morgan fingerprint density at radius 2 is 1.73 bits per heavy atom. The SMILES string of the molecule is O=C(O)c1ccc(-c2nn(C(=O)c3c(Cl)ccc(Cl)c3F)c3c2CCCC3)c(F)c1. The van der Waals surface area contributed by atoms with Gasteiger partial charge in [0.05, 0.1) is 32.6 Å². The Kier molecular flexibility index (Phi) is 5.34. The first-order chi connectivity index (χ1) is 14.3. The average Bonchev–Trinajstić information content (AvgIpc) is 3.10. The van der Waals surface area contributed by atoms with E-state index in [0.29, 0.717) is 24.1 Å². The topological polar surface area (TPSA) is 72.2 Å². The van der Waals surface area contributed by atoms with Gasteiger partial charge in [0.25, 0.3) is 5.91 Å². The third kappa shape index (κ3) is 3.38.